The molecule has 1 heterocycles. The van der Waals surface area contributed by atoms with Crippen molar-refractivity contribution in [1.82, 2.24) is 9.80 Å². The number of benzene rings is 2. The number of amides is 2. The quantitative estimate of drug-likeness (QED) is 0.654. The molecule has 1 atom stereocenters. The van der Waals surface area contributed by atoms with Gasteiger partial charge in [0, 0.05) is 37.5 Å². The summed E-state index contributed by atoms with van der Waals surface area (Å²) in [6.07, 6.45) is 1.20. The number of hydrogen-bond donors (Lipinski definition) is 0. The predicted octanol–water partition coefficient (Wildman–Crippen LogP) is 3.48. The number of carbonyl (C=O) groups excluding carboxylic acids is 2. The Hall–Kier alpha value is -2.47. The zero-order chi connectivity index (χ0) is 20.6. The number of piperazine rings is 1. The summed E-state index contributed by atoms with van der Waals surface area (Å²) < 4.78 is 5.16. The largest absolute Gasteiger partial charge is 0.497 e. The van der Waals surface area contributed by atoms with Crippen molar-refractivity contribution >= 4 is 23.6 Å². The number of hydrogen-bond acceptors (Lipinski definition) is 4. The second kappa shape index (κ2) is 10.3. The topological polar surface area (TPSA) is 49.9 Å². The van der Waals surface area contributed by atoms with Gasteiger partial charge in [0.2, 0.25) is 11.8 Å². The molecular weight excluding hydrogens is 384 g/mol. The lowest BCUT2D eigenvalue weighted by Crippen LogP contribution is -2.52. The number of rotatable bonds is 7. The Bertz CT molecular complexity index is 803. The van der Waals surface area contributed by atoms with Crippen LogP contribution in [-0.2, 0) is 16.0 Å². The molecule has 154 valence electrons. The second-order valence-electron chi connectivity index (χ2n) is 7.13. The Balaban J connectivity index is 1.42. The molecule has 2 aromatic carbocycles. The highest BCUT2D eigenvalue weighted by Gasteiger charge is 2.27. The number of thioether (sulfide) groups is 1. The van der Waals surface area contributed by atoms with Gasteiger partial charge in [0.25, 0.3) is 0 Å². The van der Waals surface area contributed by atoms with Crippen LogP contribution in [-0.4, -0.2) is 60.2 Å². The summed E-state index contributed by atoms with van der Waals surface area (Å²) in [4.78, 5) is 30.1. The van der Waals surface area contributed by atoms with Gasteiger partial charge in [-0.2, -0.15) is 0 Å². The van der Waals surface area contributed by atoms with Gasteiger partial charge < -0.3 is 14.5 Å². The molecule has 0 aliphatic carbocycles. The van der Waals surface area contributed by atoms with E-state index in [0.29, 0.717) is 39.0 Å². The number of nitrogens with zero attached hydrogens (tertiary/aromatic N) is 2. The van der Waals surface area contributed by atoms with E-state index in [9.17, 15) is 9.59 Å². The Labute approximate surface area is 177 Å². The Morgan fingerprint density at radius 3 is 2.21 bits per heavy atom. The van der Waals surface area contributed by atoms with Gasteiger partial charge in [-0.25, -0.2) is 0 Å². The molecule has 3 rings (SSSR count). The maximum Gasteiger partial charge on any atom is 0.235 e. The summed E-state index contributed by atoms with van der Waals surface area (Å²) in [5, 5.41) is -0.130. The number of ether oxygens (including phenoxy) is 1. The molecule has 1 aliphatic rings. The first kappa shape index (κ1) is 21.2. The van der Waals surface area contributed by atoms with Crippen LogP contribution >= 0.6 is 11.8 Å². The highest BCUT2D eigenvalue weighted by molar-refractivity contribution is 8.00. The molecule has 5 nitrogen and oxygen atoms in total. The fourth-order valence-electron chi connectivity index (χ4n) is 3.39. The van der Waals surface area contributed by atoms with Crippen molar-refractivity contribution in [3.8, 4) is 5.75 Å². The predicted molar refractivity (Wildman–Crippen MR) is 116 cm³/mol. The van der Waals surface area contributed by atoms with E-state index in [-0.39, 0.29) is 17.1 Å². The van der Waals surface area contributed by atoms with Crippen LogP contribution in [0.2, 0.25) is 0 Å². The minimum Gasteiger partial charge on any atom is -0.497 e. The van der Waals surface area contributed by atoms with Gasteiger partial charge in [-0.05, 0) is 43.2 Å². The molecule has 0 spiro atoms. The maximum absolute atomic E-state index is 12.7. The third-order valence-corrected chi connectivity index (χ3v) is 6.23. The zero-order valence-corrected chi connectivity index (χ0v) is 17.9. The molecular formula is C23H28N2O3S. The second-order valence-corrected chi connectivity index (χ2v) is 8.54. The van der Waals surface area contributed by atoms with Crippen LogP contribution in [0.4, 0.5) is 0 Å². The van der Waals surface area contributed by atoms with E-state index < -0.39 is 0 Å². The van der Waals surface area contributed by atoms with Crippen molar-refractivity contribution in [2.45, 2.75) is 29.9 Å². The molecule has 2 aromatic rings. The average Bonchev–Trinajstić information content (AvgIpc) is 2.78. The summed E-state index contributed by atoms with van der Waals surface area (Å²) in [6, 6.07) is 17.8. The number of carbonyl (C=O) groups is 2. The van der Waals surface area contributed by atoms with Crippen molar-refractivity contribution in [2.75, 3.05) is 33.3 Å². The summed E-state index contributed by atoms with van der Waals surface area (Å²) >= 11 is 1.58. The first-order valence-corrected chi connectivity index (χ1v) is 10.9. The van der Waals surface area contributed by atoms with Gasteiger partial charge in [0.1, 0.15) is 5.75 Å². The van der Waals surface area contributed by atoms with Crippen molar-refractivity contribution in [3.05, 3.63) is 60.2 Å². The summed E-state index contributed by atoms with van der Waals surface area (Å²) in [5.74, 6) is 1.12. The third kappa shape index (κ3) is 6.00. The minimum atomic E-state index is -0.130. The Kier molecular flexibility index (Phi) is 7.58. The van der Waals surface area contributed by atoms with Gasteiger partial charge in [-0.15, -0.1) is 11.8 Å². The summed E-state index contributed by atoms with van der Waals surface area (Å²) in [7, 11) is 1.64. The first-order valence-electron chi connectivity index (χ1n) is 9.98. The van der Waals surface area contributed by atoms with E-state index >= 15 is 0 Å². The molecule has 1 unspecified atom stereocenters. The highest BCUT2D eigenvalue weighted by atomic mass is 32.2. The van der Waals surface area contributed by atoms with Gasteiger partial charge in [0.15, 0.2) is 0 Å². The van der Waals surface area contributed by atoms with Crippen LogP contribution < -0.4 is 4.74 Å². The van der Waals surface area contributed by atoms with Crippen molar-refractivity contribution in [1.29, 1.82) is 0 Å². The van der Waals surface area contributed by atoms with Crippen LogP contribution in [0.5, 0.6) is 5.75 Å². The molecule has 0 radical (unpaired) electrons. The lowest BCUT2D eigenvalue weighted by Gasteiger charge is -2.36. The highest BCUT2D eigenvalue weighted by Crippen LogP contribution is 2.24. The summed E-state index contributed by atoms with van der Waals surface area (Å²) in [5.41, 5.74) is 1.12. The van der Waals surface area contributed by atoms with E-state index in [1.165, 1.54) is 0 Å². The Morgan fingerprint density at radius 1 is 0.966 bits per heavy atom. The number of aryl methyl sites for hydroxylation is 1. The van der Waals surface area contributed by atoms with Crippen LogP contribution in [0.15, 0.2) is 59.5 Å². The van der Waals surface area contributed by atoms with Crippen LogP contribution in [0.25, 0.3) is 0 Å². The molecule has 0 aromatic heterocycles. The van der Waals surface area contributed by atoms with Crippen LogP contribution in [0, 0.1) is 0 Å². The average molecular weight is 413 g/mol. The zero-order valence-electron chi connectivity index (χ0n) is 17.0. The molecule has 1 saturated heterocycles. The molecule has 0 saturated carbocycles. The van der Waals surface area contributed by atoms with Gasteiger partial charge in [0.05, 0.1) is 12.4 Å². The van der Waals surface area contributed by atoms with Crippen molar-refractivity contribution in [2.24, 2.45) is 0 Å². The SMILES string of the molecule is COc1ccc(CCC(=O)N2CCN(C(=O)C(C)Sc3ccccc3)CC2)cc1. The molecule has 2 amide bonds. The smallest absolute Gasteiger partial charge is 0.235 e. The lowest BCUT2D eigenvalue weighted by molar-refractivity contribution is -0.139. The molecule has 6 heteroatoms. The molecule has 0 N–H and O–H groups in total. The first-order chi connectivity index (χ1) is 14.1. The molecule has 1 fully saturated rings. The van der Waals surface area contributed by atoms with Crippen LogP contribution in [0.3, 0.4) is 0 Å². The van der Waals surface area contributed by atoms with E-state index in [1.807, 2.05) is 71.3 Å². The van der Waals surface area contributed by atoms with Gasteiger partial charge >= 0.3 is 0 Å². The monoisotopic (exact) mass is 412 g/mol. The normalized spacial score (nSPS) is 15.1. The standard InChI is InChI=1S/C23H28N2O3S/c1-18(29-21-6-4-3-5-7-21)23(27)25-16-14-24(15-17-25)22(26)13-10-19-8-11-20(28-2)12-9-19/h3-9,11-12,18H,10,13-17H2,1-2H3. The lowest BCUT2D eigenvalue weighted by atomic mass is 10.1. The van der Waals surface area contributed by atoms with E-state index in [1.54, 1.807) is 18.9 Å². The van der Waals surface area contributed by atoms with Gasteiger partial charge in [-0.3, -0.25) is 9.59 Å². The molecule has 1 aliphatic heterocycles. The van der Waals surface area contributed by atoms with Crippen molar-refractivity contribution < 1.29 is 14.3 Å². The number of methoxy groups -OCH3 is 1. The Morgan fingerprint density at radius 2 is 1.59 bits per heavy atom. The van der Waals surface area contributed by atoms with E-state index in [0.717, 1.165) is 16.2 Å². The molecule has 29 heavy (non-hydrogen) atoms. The van der Waals surface area contributed by atoms with Gasteiger partial charge in [-0.1, -0.05) is 30.3 Å². The maximum atomic E-state index is 12.7. The van der Waals surface area contributed by atoms with Crippen LogP contribution in [0.1, 0.15) is 18.9 Å². The third-order valence-electron chi connectivity index (χ3n) is 5.13. The van der Waals surface area contributed by atoms with E-state index in [2.05, 4.69) is 0 Å². The fraction of sp³-hybridized carbons (Fsp3) is 0.391. The van der Waals surface area contributed by atoms with E-state index in [4.69, 9.17) is 4.74 Å². The minimum absolute atomic E-state index is 0.130. The van der Waals surface area contributed by atoms with Crippen molar-refractivity contribution in [3.63, 3.8) is 0 Å². The molecule has 0 bridgehead atoms. The summed E-state index contributed by atoms with van der Waals surface area (Å²) in [6.45, 7) is 4.37. The fourth-order valence-corrected chi connectivity index (χ4v) is 4.36.